The highest BCUT2D eigenvalue weighted by Gasteiger charge is 2.33. The third-order valence-corrected chi connectivity index (χ3v) is 2.89. The molecule has 3 N–H and O–H groups in total. The second-order valence-electron chi connectivity index (χ2n) is 5.48. The van der Waals surface area contributed by atoms with Gasteiger partial charge in [0.15, 0.2) is 0 Å². The Kier molecular flexibility index (Phi) is 2.85. The molecular weight excluding hydrogens is 218 g/mol. The van der Waals surface area contributed by atoms with Crippen molar-refractivity contribution >= 4 is 11.8 Å². The minimum atomic E-state index is -0.458. The van der Waals surface area contributed by atoms with Crippen LogP contribution in [0.15, 0.2) is 0 Å². The molecule has 1 aromatic rings. The van der Waals surface area contributed by atoms with E-state index in [1.807, 2.05) is 20.8 Å². The molecule has 94 valence electrons. The Morgan fingerprint density at radius 2 is 2.24 bits per heavy atom. The molecule has 0 spiro atoms. The van der Waals surface area contributed by atoms with Gasteiger partial charge in [-0.1, -0.05) is 0 Å². The number of carbonyl (C=O) groups is 1. The molecule has 0 saturated carbocycles. The van der Waals surface area contributed by atoms with E-state index in [0.29, 0.717) is 5.82 Å². The number of rotatable bonds is 1. The van der Waals surface area contributed by atoms with Gasteiger partial charge in [-0.25, -0.2) is 0 Å². The quantitative estimate of drug-likeness (QED) is 0.729. The van der Waals surface area contributed by atoms with Gasteiger partial charge in [0.1, 0.15) is 11.4 Å². The van der Waals surface area contributed by atoms with Crippen LogP contribution in [0, 0.1) is 0 Å². The van der Waals surface area contributed by atoms with Crippen molar-refractivity contribution in [3.05, 3.63) is 11.3 Å². The number of carbonyl (C=O) groups excluding carboxylic acids is 1. The first-order chi connectivity index (χ1) is 7.88. The Bertz CT molecular complexity index is 431. The van der Waals surface area contributed by atoms with Gasteiger partial charge in [-0.15, -0.1) is 0 Å². The van der Waals surface area contributed by atoms with Gasteiger partial charge >= 0.3 is 5.97 Å². The zero-order valence-corrected chi connectivity index (χ0v) is 10.5. The molecule has 0 radical (unpaired) electrons. The largest absolute Gasteiger partial charge is 0.459 e. The summed E-state index contributed by atoms with van der Waals surface area (Å²) in [7, 11) is 0. The van der Waals surface area contributed by atoms with Crippen LogP contribution in [-0.4, -0.2) is 21.8 Å². The minimum absolute atomic E-state index is 0.192. The molecule has 0 bridgehead atoms. The predicted octanol–water partition coefficient (Wildman–Crippen LogP) is 1.75. The van der Waals surface area contributed by atoms with Gasteiger partial charge in [-0.3, -0.25) is 9.89 Å². The molecular formula is C12H19N3O2. The van der Waals surface area contributed by atoms with Gasteiger partial charge in [0, 0.05) is 5.56 Å². The van der Waals surface area contributed by atoms with Gasteiger partial charge in [-0.2, -0.15) is 5.10 Å². The molecule has 17 heavy (non-hydrogen) atoms. The Labute approximate surface area is 101 Å². The van der Waals surface area contributed by atoms with Crippen molar-refractivity contribution in [1.82, 2.24) is 10.2 Å². The van der Waals surface area contributed by atoms with E-state index in [1.165, 1.54) is 0 Å². The van der Waals surface area contributed by atoms with E-state index in [4.69, 9.17) is 10.5 Å². The van der Waals surface area contributed by atoms with E-state index in [-0.39, 0.29) is 11.9 Å². The molecule has 1 atom stereocenters. The number of fused-ring (bicyclic) bond motifs is 1. The summed E-state index contributed by atoms with van der Waals surface area (Å²) < 4.78 is 5.42. The monoisotopic (exact) mass is 237 g/mol. The van der Waals surface area contributed by atoms with Crippen LogP contribution in [0.4, 0.5) is 5.82 Å². The van der Waals surface area contributed by atoms with Gasteiger partial charge in [0.25, 0.3) is 0 Å². The average Bonchev–Trinajstić information content (AvgIpc) is 2.58. The van der Waals surface area contributed by atoms with Crippen LogP contribution < -0.4 is 5.73 Å². The number of hydrogen-bond donors (Lipinski definition) is 2. The summed E-state index contributed by atoms with van der Waals surface area (Å²) >= 11 is 0. The van der Waals surface area contributed by atoms with Crippen molar-refractivity contribution in [3.63, 3.8) is 0 Å². The number of esters is 1. The summed E-state index contributed by atoms with van der Waals surface area (Å²) in [5.74, 6) is 0.0677. The Morgan fingerprint density at radius 3 is 2.88 bits per heavy atom. The van der Waals surface area contributed by atoms with Crippen LogP contribution >= 0.6 is 0 Å². The molecule has 0 aromatic carbocycles. The smallest absolute Gasteiger partial charge is 0.315 e. The summed E-state index contributed by atoms with van der Waals surface area (Å²) in [4.78, 5) is 12.1. The summed E-state index contributed by atoms with van der Waals surface area (Å²) in [6.07, 6.45) is 2.63. The normalized spacial score (nSPS) is 19.8. The summed E-state index contributed by atoms with van der Waals surface area (Å²) in [6.45, 7) is 5.61. The molecule has 0 saturated heterocycles. The van der Waals surface area contributed by atoms with Crippen LogP contribution in [0.1, 0.15) is 50.8 Å². The van der Waals surface area contributed by atoms with Crippen molar-refractivity contribution in [1.29, 1.82) is 0 Å². The fourth-order valence-electron chi connectivity index (χ4n) is 2.18. The van der Waals surface area contributed by atoms with Gasteiger partial charge in [-0.05, 0) is 40.0 Å². The second kappa shape index (κ2) is 4.05. The van der Waals surface area contributed by atoms with E-state index in [1.54, 1.807) is 0 Å². The summed E-state index contributed by atoms with van der Waals surface area (Å²) in [5.41, 5.74) is 7.11. The van der Waals surface area contributed by atoms with Crippen LogP contribution in [0.2, 0.25) is 0 Å². The van der Waals surface area contributed by atoms with Crippen molar-refractivity contribution in [3.8, 4) is 0 Å². The first-order valence-corrected chi connectivity index (χ1v) is 5.94. The molecule has 1 heterocycles. The Balaban J connectivity index is 2.21. The third kappa shape index (κ3) is 2.43. The topological polar surface area (TPSA) is 81.0 Å². The van der Waals surface area contributed by atoms with Crippen molar-refractivity contribution in [2.75, 3.05) is 5.73 Å². The number of H-pyrrole nitrogens is 1. The summed E-state index contributed by atoms with van der Waals surface area (Å²) in [5, 5.41) is 6.84. The average molecular weight is 237 g/mol. The lowest BCUT2D eigenvalue weighted by Gasteiger charge is -2.26. The van der Waals surface area contributed by atoms with Crippen LogP contribution in [0.5, 0.6) is 0 Å². The van der Waals surface area contributed by atoms with Gasteiger partial charge in [0.05, 0.1) is 11.6 Å². The standard InChI is InChI=1S/C12H19N3O2/c1-12(2,3)17-11(16)8-6-4-5-7-9(8)14-15-10(7)13/h8H,4-6H2,1-3H3,(H3,13,14,15). The highest BCUT2D eigenvalue weighted by molar-refractivity contribution is 5.79. The fourth-order valence-corrected chi connectivity index (χ4v) is 2.18. The zero-order valence-electron chi connectivity index (χ0n) is 10.5. The SMILES string of the molecule is CC(C)(C)OC(=O)C1CCCc2c(N)n[nH]c21. The second-order valence-corrected chi connectivity index (χ2v) is 5.48. The van der Waals surface area contributed by atoms with Gasteiger partial charge in [0.2, 0.25) is 0 Å². The molecule has 0 aliphatic heterocycles. The number of aromatic amines is 1. The van der Waals surface area contributed by atoms with Gasteiger partial charge < -0.3 is 10.5 Å². The Morgan fingerprint density at radius 1 is 1.53 bits per heavy atom. The van der Waals surface area contributed by atoms with Crippen LogP contribution in [0.25, 0.3) is 0 Å². The maximum Gasteiger partial charge on any atom is 0.315 e. The molecule has 1 aliphatic rings. The fraction of sp³-hybridized carbons (Fsp3) is 0.667. The van der Waals surface area contributed by atoms with E-state index >= 15 is 0 Å². The van der Waals surface area contributed by atoms with Crippen LogP contribution in [0.3, 0.4) is 0 Å². The van der Waals surface area contributed by atoms with E-state index in [0.717, 1.165) is 30.5 Å². The molecule has 1 aliphatic carbocycles. The molecule has 5 heteroatoms. The first kappa shape index (κ1) is 12.0. The molecule has 0 fully saturated rings. The number of hydrogen-bond acceptors (Lipinski definition) is 4. The molecule has 5 nitrogen and oxygen atoms in total. The number of nitrogen functional groups attached to an aromatic ring is 1. The number of aromatic nitrogens is 2. The third-order valence-electron chi connectivity index (χ3n) is 2.89. The first-order valence-electron chi connectivity index (χ1n) is 5.94. The van der Waals surface area contributed by atoms with E-state index in [2.05, 4.69) is 10.2 Å². The predicted molar refractivity (Wildman–Crippen MR) is 64.5 cm³/mol. The number of anilines is 1. The van der Waals surface area contributed by atoms with E-state index < -0.39 is 5.60 Å². The number of nitrogens with one attached hydrogen (secondary N) is 1. The van der Waals surface area contributed by atoms with E-state index in [9.17, 15) is 4.79 Å². The molecule has 1 aromatic heterocycles. The summed E-state index contributed by atoms with van der Waals surface area (Å²) in [6, 6.07) is 0. The maximum atomic E-state index is 12.1. The van der Waals surface area contributed by atoms with Crippen LogP contribution in [-0.2, 0) is 16.0 Å². The minimum Gasteiger partial charge on any atom is -0.459 e. The lowest BCUT2D eigenvalue weighted by atomic mass is 9.87. The van der Waals surface area contributed by atoms with Crippen molar-refractivity contribution in [2.24, 2.45) is 0 Å². The molecule has 1 unspecified atom stereocenters. The molecule has 0 amide bonds. The molecule has 2 rings (SSSR count). The number of nitrogens with zero attached hydrogens (tertiary/aromatic N) is 1. The Hall–Kier alpha value is -1.52. The zero-order chi connectivity index (χ0) is 12.6. The van der Waals surface area contributed by atoms with Crippen molar-refractivity contribution < 1.29 is 9.53 Å². The lowest BCUT2D eigenvalue weighted by Crippen LogP contribution is -2.29. The number of ether oxygens (including phenoxy) is 1. The highest BCUT2D eigenvalue weighted by atomic mass is 16.6. The van der Waals surface area contributed by atoms with Crippen molar-refractivity contribution in [2.45, 2.75) is 51.6 Å². The lowest BCUT2D eigenvalue weighted by molar-refractivity contribution is -0.157. The highest BCUT2D eigenvalue weighted by Crippen LogP contribution is 2.34. The number of nitrogens with two attached hydrogens (primary N) is 1. The maximum absolute atomic E-state index is 12.1.